The van der Waals surface area contributed by atoms with Crippen LogP contribution in [-0.4, -0.2) is 12.3 Å². The molecule has 0 saturated carbocycles. The Labute approximate surface area is 104 Å². The number of carbonyl (C=O) groups is 1. The molecule has 2 heteroatoms. The normalized spacial score (nSPS) is 11.4. The second-order valence-corrected chi connectivity index (χ2v) is 5.66. The molecule has 94 valence electrons. The third-order valence-electron chi connectivity index (χ3n) is 2.90. The fourth-order valence-electron chi connectivity index (χ4n) is 1.65. The minimum Gasteiger partial charge on any atom is -0.384 e. The lowest BCUT2D eigenvalue weighted by Gasteiger charge is -2.21. The zero-order valence-corrected chi connectivity index (χ0v) is 11.6. The van der Waals surface area contributed by atoms with Gasteiger partial charge in [-0.15, -0.1) is 0 Å². The van der Waals surface area contributed by atoms with Gasteiger partial charge in [0.05, 0.1) is 0 Å². The van der Waals surface area contributed by atoms with Gasteiger partial charge < -0.3 is 5.32 Å². The number of benzene rings is 1. The summed E-state index contributed by atoms with van der Waals surface area (Å²) in [4.78, 5) is 10.9. The van der Waals surface area contributed by atoms with Gasteiger partial charge in [-0.3, -0.25) is 4.79 Å². The number of ketones is 1. The average molecular weight is 233 g/mol. The molecule has 17 heavy (non-hydrogen) atoms. The molecule has 0 radical (unpaired) electrons. The SMILES string of the molecule is CC(=O)CCNc1cc(C(C)(C)C)ccc1C. The van der Waals surface area contributed by atoms with Crippen LogP contribution in [0.5, 0.6) is 0 Å². The van der Waals surface area contributed by atoms with E-state index < -0.39 is 0 Å². The lowest BCUT2D eigenvalue weighted by Crippen LogP contribution is -2.13. The van der Waals surface area contributed by atoms with Crippen molar-refractivity contribution in [2.45, 2.75) is 46.5 Å². The highest BCUT2D eigenvalue weighted by molar-refractivity contribution is 5.76. The number of anilines is 1. The van der Waals surface area contributed by atoms with E-state index in [1.807, 2.05) is 0 Å². The molecular formula is C15H23NO. The minimum atomic E-state index is 0.157. The molecule has 0 fully saturated rings. The van der Waals surface area contributed by atoms with Crippen molar-refractivity contribution in [1.29, 1.82) is 0 Å². The maximum atomic E-state index is 10.9. The maximum Gasteiger partial charge on any atom is 0.131 e. The van der Waals surface area contributed by atoms with Gasteiger partial charge in [0, 0.05) is 18.7 Å². The molecule has 0 spiro atoms. The Morgan fingerprint density at radius 3 is 2.47 bits per heavy atom. The Bertz CT molecular complexity index is 402. The summed E-state index contributed by atoms with van der Waals surface area (Å²) < 4.78 is 0. The summed E-state index contributed by atoms with van der Waals surface area (Å²) in [6, 6.07) is 6.50. The molecule has 0 aromatic heterocycles. The van der Waals surface area contributed by atoms with Gasteiger partial charge in [0.1, 0.15) is 5.78 Å². The summed E-state index contributed by atoms with van der Waals surface area (Å²) in [5.74, 6) is 0.224. The first-order valence-electron chi connectivity index (χ1n) is 6.15. The van der Waals surface area contributed by atoms with Gasteiger partial charge in [-0.05, 0) is 36.5 Å². The largest absolute Gasteiger partial charge is 0.384 e. The van der Waals surface area contributed by atoms with Crippen LogP contribution in [-0.2, 0) is 10.2 Å². The van der Waals surface area contributed by atoms with Crippen LogP contribution in [0, 0.1) is 6.92 Å². The molecule has 0 aliphatic rings. The summed E-state index contributed by atoms with van der Waals surface area (Å²) in [5.41, 5.74) is 3.83. The van der Waals surface area contributed by atoms with Gasteiger partial charge in [0.25, 0.3) is 0 Å². The molecule has 0 heterocycles. The highest BCUT2D eigenvalue weighted by Crippen LogP contribution is 2.26. The summed E-state index contributed by atoms with van der Waals surface area (Å²) in [6.45, 7) is 11.0. The van der Waals surface area contributed by atoms with Crippen LogP contribution in [0.3, 0.4) is 0 Å². The zero-order chi connectivity index (χ0) is 13.1. The Hall–Kier alpha value is -1.31. The van der Waals surface area contributed by atoms with Gasteiger partial charge >= 0.3 is 0 Å². The Morgan fingerprint density at radius 2 is 1.94 bits per heavy atom. The van der Waals surface area contributed by atoms with Crippen LogP contribution in [0.15, 0.2) is 18.2 Å². The van der Waals surface area contributed by atoms with Gasteiger partial charge in [0.15, 0.2) is 0 Å². The molecule has 1 rings (SSSR count). The summed E-state index contributed by atoms with van der Waals surface area (Å²) >= 11 is 0. The molecule has 0 bridgehead atoms. The smallest absolute Gasteiger partial charge is 0.131 e. The monoisotopic (exact) mass is 233 g/mol. The third-order valence-corrected chi connectivity index (χ3v) is 2.90. The maximum absolute atomic E-state index is 10.9. The van der Waals surface area contributed by atoms with Crippen LogP contribution < -0.4 is 5.32 Å². The molecule has 0 aliphatic carbocycles. The topological polar surface area (TPSA) is 29.1 Å². The van der Waals surface area contributed by atoms with E-state index in [2.05, 4.69) is 51.2 Å². The van der Waals surface area contributed by atoms with E-state index in [4.69, 9.17) is 0 Å². The number of hydrogen-bond donors (Lipinski definition) is 1. The molecule has 2 nitrogen and oxygen atoms in total. The first-order chi connectivity index (χ1) is 7.80. The average Bonchev–Trinajstić information content (AvgIpc) is 2.18. The van der Waals surface area contributed by atoms with Crippen LogP contribution >= 0.6 is 0 Å². The lowest BCUT2D eigenvalue weighted by atomic mass is 9.86. The number of rotatable bonds is 4. The molecule has 0 unspecified atom stereocenters. The van der Waals surface area contributed by atoms with Crippen molar-refractivity contribution >= 4 is 11.5 Å². The fraction of sp³-hybridized carbons (Fsp3) is 0.533. The number of Topliss-reactive ketones (excluding diaryl/α,β-unsaturated/α-hetero) is 1. The zero-order valence-electron chi connectivity index (χ0n) is 11.6. The van der Waals surface area contributed by atoms with Crippen molar-refractivity contribution in [3.8, 4) is 0 Å². The van der Waals surface area contributed by atoms with Gasteiger partial charge in [-0.25, -0.2) is 0 Å². The second-order valence-electron chi connectivity index (χ2n) is 5.66. The Kier molecular flexibility index (Phi) is 4.33. The number of carbonyl (C=O) groups excluding carboxylic acids is 1. The first-order valence-corrected chi connectivity index (χ1v) is 6.15. The van der Waals surface area contributed by atoms with Crippen molar-refractivity contribution in [1.82, 2.24) is 0 Å². The third kappa shape index (κ3) is 4.22. The molecule has 1 N–H and O–H groups in total. The highest BCUT2D eigenvalue weighted by atomic mass is 16.1. The van der Waals surface area contributed by atoms with E-state index in [-0.39, 0.29) is 11.2 Å². The molecule has 0 aliphatic heterocycles. The van der Waals surface area contributed by atoms with Crippen molar-refractivity contribution in [3.05, 3.63) is 29.3 Å². The Morgan fingerprint density at radius 1 is 1.29 bits per heavy atom. The van der Waals surface area contributed by atoms with Gasteiger partial charge in [-0.2, -0.15) is 0 Å². The van der Waals surface area contributed by atoms with E-state index in [0.29, 0.717) is 13.0 Å². The van der Waals surface area contributed by atoms with E-state index in [0.717, 1.165) is 5.69 Å². The van der Waals surface area contributed by atoms with Crippen molar-refractivity contribution in [3.63, 3.8) is 0 Å². The lowest BCUT2D eigenvalue weighted by molar-refractivity contribution is -0.116. The summed E-state index contributed by atoms with van der Waals surface area (Å²) in [6.07, 6.45) is 0.583. The molecule has 0 saturated heterocycles. The van der Waals surface area contributed by atoms with Crippen LogP contribution in [0.25, 0.3) is 0 Å². The highest BCUT2D eigenvalue weighted by Gasteiger charge is 2.14. The number of hydrogen-bond acceptors (Lipinski definition) is 2. The predicted octanol–water partition coefficient (Wildman–Crippen LogP) is 3.68. The molecule has 0 atom stereocenters. The number of aryl methyl sites for hydroxylation is 1. The second kappa shape index (κ2) is 5.35. The number of nitrogens with one attached hydrogen (secondary N) is 1. The van der Waals surface area contributed by atoms with Crippen LogP contribution in [0.2, 0.25) is 0 Å². The Balaban J connectivity index is 2.80. The quantitative estimate of drug-likeness (QED) is 0.859. The molecule has 1 aromatic carbocycles. The van der Waals surface area contributed by atoms with Crippen molar-refractivity contribution in [2.75, 3.05) is 11.9 Å². The summed E-state index contributed by atoms with van der Waals surface area (Å²) in [7, 11) is 0. The minimum absolute atomic E-state index is 0.157. The van der Waals surface area contributed by atoms with Gasteiger partial charge in [0.2, 0.25) is 0 Å². The van der Waals surface area contributed by atoms with Crippen molar-refractivity contribution < 1.29 is 4.79 Å². The molecule has 1 aromatic rings. The van der Waals surface area contributed by atoms with Gasteiger partial charge in [-0.1, -0.05) is 32.9 Å². The summed E-state index contributed by atoms with van der Waals surface area (Å²) in [5, 5.41) is 3.34. The van der Waals surface area contributed by atoms with Crippen LogP contribution in [0.4, 0.5) is 5.69 Å². The standard InChI is InChI=1S/C15H23NO/c1-11-6-7-13(15(3,4)5)10-14(11)16-9-8-12(2)17/h6-7,10,16H,8-9H2,1-5H3. The first kappa shape index (κ1) is 13.8. The van der Waals surface area contributed by atoms with Crippen molar-refractivity contribution in [2.24, 2.45) is 0 Å². The molecular weight excluding hydrogens is 210 g/mol. The predicted molar refractivity (Wildman–Crippen MR) is 73.7 cm³/mol. The van der Waals surface area contributed by atoms with E-state index in [1.165, 1.54) is 11.1 Å². The van der Waals surface area contributed by atoms with Crippen LogP contribution in [0.1, 0.15) is 45.2 Å². The fourth-order valence-corrected chi connectivity index (χ4v) is 1.65. The van der Waals surface area contributed by atoms with E-state index >= 15 is 0 Å². The van der Waals surface area contributed by atoms with E-state index in [1.54, 1.807) is 6.92 Å². The van der Waals surface area contributed by atoms with E-state index in [9.17, 15) is 4.79 Å². The molecule has 0 amide bonds.